The summed E-state index contributed by atoms with van der Waals surface area (Å²) < 4.78 is 10.6. The van der Waals surface area contributed by atoms with Crippen molar-refractivity contribution >= 4 is 23.3 Å². The molecule has 1 atom stereocenters. The summed E-state index contributed by atoms with van der Waals surface area (Å²) in [7, 11) is 0. The molecule has 7 heteroatoms. The molecule has 1 unspecified atom stereocenters. The normalized spacial score (nSPS) is 17.5. The van der Waals surface area contributed by atoms with Gasteiger partial charge in [0.25, 0.3) is 0 Å². The molecule has 2 amide bonds. The van der Waals surface area contributed by atoms with E-state index in [2.05, 4.69) is 5.32 Å². The lowest BCUT2D eigenvalue weighted by Gasteiger charge is -2.17. The summed E-state index contributed by atoms with van der Waals surface area (Å²) in [4.78, 5) is 38.8. The summed E-state index contributed by atoms with van der Waals surface area (Å²) in [5.41, 5.74) is 1.88. The van der Waals surface area contributed by atoms with Crippen molar-refractivity contribution in [3.63, 3.8) is 0 Å². The molecule has 2 aliphatic heterocycles. The lowest BCUT2D eigenvalue weighted by atomic mass is 10.1. The molecule has 1 fully saturated rings. The van der Waals surface area contributed by atoms with Gasteiger partial charge in [0.15, 0.2) is 17.3 Å². The third-order valence-corrected chi connectivity index (χ3v) is 5.25. The average Bonchev–Trinajstić information content (AvgIpc) is 3.32. The maximum Gasteiger partial charge on any atom is 0.231 e. The zero-order valence-electron chi connectivity index (χ0n) is 16.1. The highest BCUT2D eigenvalue weighted by Crippen LogP contribution is 2.37. The van der Waals surface area contributed by atoms with Gasteiger partial charge in [-0.25, -0.2) is 0 Å². The van der Waals surface area contributed by atoms with E-state index in [1.54, 1.807) is 17.0 Å². The molecular weight excluding hydrogens is 372 g/mol. The highest BCUT2D eigenvalue weighted by Gasteiger charge is 2.34. The molecular formula is C22H22N2O5. The fraction of sp³-hybridized carbons (Fsp3) is 0.318. The second-order valence-electron chi connectivity index (χ2n) is 7.27. The van der Waals surface area contributed by atoms with Gasteiger partial charge in [-0.1, -0.05) is 30.3 Å². The Morgan fingerprint density at radius 3 is 2.59 bits per heavy atom. The van der Waals surface area contributed by atoms with Crippen LogP contribution in [-0.4, -0.2) is 42.4 Å². The lowest BCUT2D eigenvalue weighted by molar-refractivity contribution is -0.128. The average molecular weight is 394 g/mol. The third kappa shape index (κ3) is 4.08. The molecule has 29 heavy (non-hydrogen) atoms. The highest BCUT2D eigenvalue weighted by molar-refractivity contribution is 6.06. The van der Waals surface area contributed by atoms with E-state index in [0.717, 1.165) is 12.0 Å². The number of nitrogens with zero attached hydrogens (tertiary/aromatic N) is 1. The van der Waals surface area contributed by atoms with Crippen LogP contribution in [0.25, 0.3) is 0 Å². The van der Waals surface area contributed by atoms with E-state index in [4.69, 9.17) is 9.47 Å². The molecule has 0 saturated carbocycles. The maximum atomic E-state index is 12.8. The number of benzene rings is 2. The van der Waals surface area contributed by atoms with Gasteiger partial charge >= 0.3 is 0 Å². The van der Waals surface area contributed by atoms with Crippen molar-refractivity contribution in [2.24, 2.45) is 5.92 Å². The molecule has 2 aromatic rings. The van der Waals surface area contributed by atoms with Crippen molar-refractivity contribution in [3.8, 4) is 11.5 Å². The summed E-state index contributed by atoms with van der Waals surface area (Å²) in [5, 5.41) is 2.80. The van der Waals surface area contributed by atoms with Crippen LogP contribution in [0.5, 0.6) is 11.5 Å². The summed E-state index contributed by atoms with van der Waals surface area (Å²) in [6.45, 7) is 2.46. The molecule has 0 bridgehead atoms. The Morgan fingerprint density at radius 2 is 1.86 bits per heavy atom. The molecule has 0 aromatic heterocycles. The van der Waals surface area contributed by atoms with Crippen molar-refractivity contribution in [1.29, 1.82) is 0 Å². The Hall–Kier alpha value is -3.35. The van der Waals surface area contributed by atoms with E-state index in [1.165, 1.54) is 6.92 Å². The number of carbonyl (C=O) groups excluding carboxylic acids is 3. The second-order valence-corrected chi connectivity index (χ2v) is 7.27. The van der Waals surface area contributed by atoms with Crippen molar-refractivity contribution in [2.75, 3.05) is 25.2 Å². The van der Waals surface area contributed by atoms with Gasteiger partial charge in [0.05, 0.1) is 11.6 Å². The summed E-state index contributed by atoms with van der Waals surface area (Å²) in [5.74, 6) is 0.0168. The number of anilines is 1. The number of ether oxygens (including phenoxy) is 2. The first-order chi connectivity index (χ1) is 14.0. The zero-order chi connectivity index (χ0) is 20.4. The molecule has 7 nitrogen and oxygen atoms in total. The molecule has 2 aliphatic rings. The van der Waals surface area contributed by atoms with Crippen LogP contribution in [-0.2, 0) is 16.0 Å². The SMILES string of the molecule is CC(=O)c1cc2c(cc1NC(=O)C1CC(=O)N(CCc3ccccc3)C1)OCO2. The molecule has 0 spiro atoms. The molecule has 1 saturated heterocycles. The quantitative estimate of drug-likeness (QED) is 0.762. The number of Topliss-reactive ketones (excluding diaryl/α,β-unsaturated/α-hetero) is 1. The van der Waals surface area contributed by atoms with E-state index in [0.29, 0.717) is 35.8 Å². The van der Waals surface area contributed by atoms with Crippen LogP contribution >= 0.6 is 0 Å². The highest BCUT2D eigenvalue weighted by atomic mass is 16.7. The minimum Gasteiger partial charge on any atom is -0.454 e. The topological polar surface area (TPSA) is 84.9 Å². The third-order valence-electron chi connectivity index (χ3n) is 5.25. The Morgan fingerprint density at radius 1 is 1.14 bits per heavy atom. The van der Waals surface area contributed by atoms with Crippen molar-refractivity contribution < 1.29 is 23.9 Å². The van der Waals surface area contributed by atoms with Crippen LogP contribution in [0.15, 0.2) is 42.5 Å². The predicted octanol–water partition coefficient (Wildman–Crippen LogP) is 2.65. The predicted molar refractivity (Wildman–Crippen MR) is 106 cm³/mol. The number of carbonyl (C=O) groups is 3. The van der Waals surface area contributed by atoms with E-state index in [9.17, 15) is 14.4 Å². The monoisotopic (exact) mass is 394 g/mol. The van der Waals surface area contributed by atoms with Gasteiger partial charge in [-0.15, -0.1) is 0 Å². The fourth-order valence-electron chi connectivity index (χ4n) is 3.64. The maximum absolute atomic E-state index is 12.8. The first-order valence-electron chi connectivity index (χ1n) is 9.58. The smallest absolute Gasteiger partial charge is 0.231 e. The Balaban J connectivity index is 1.42. The van der Waals surface area contributed by atoms with Gasteiger partial charge in [-0.05, 0) is 25.0 Å². The number of ketones is 1. The summed E-state index contributed by atoms with van der Waals surface area (Å²) in [6, 6.07) is 13.1. The lowest BCUT2D eigenvalue weighted by Crippen LogP contribution is -2.30. The van der Waals surface area contributed by atoms with Gasteiger partial charge in [0.1, 0.15) is 0 Å². The van der Waals surface area contributed by atoms with E-state index < -0.39 is 5.92 Å². The van der Waals surface area contributed by atoms with Crippen LogP contribution in [0.2, 0.25) is 0 Å². The van der Waals surface area contributed by atoms with Crippen molar-refractivity contribution in [2.45, 2.75) is 19.8 Å². The van der Waals surface area contributed by atoms with Gasteiger partial charge in [0.2, 0.25) is 18.6 Å². The van der Waals surface area contributed by atoms with Crippen molar-refractivity contribution in [3.05, 3.63) is 53.6 Å². The standard InChI is InChI=1S/C22H22N2O5/c1-14(25)17-10-19-20(29-13-28-19)11-18(17)23-22(27)16-9-21(26)24(12-16)8-7-15-5-3-2-4-6-15/h2-6,10-11,16H,7-9,12-13H2,1H3,(H,23,27). The number of likely N-dealkylation sites (tertiary alicyclic amines) is 1. The Kier molecular flexibility index (Phi) is 5.20. The molecule has 2 aromatic carbocycles. The Bertz CT molecular complexity index is 957. The number of hydrogen-bond donors (Lipinski definition) is 1. The zero-order valence-corrected chi connectivity index (χ0v) is 16.1. The second kappa shape index (κ2) is 7.95. The number of amides is 2. The van der Waals surface area contributed by atoms with Crippen LogP contribution in [0.1, 0.15) is 29.3 Å². The molecule has 150 valence electrons. The van der Waals surface area contributed by atoms with E-state index in [1.807, 2.05) is 30.3 Å². The number of rotatable bonds is 6. The number of hydrogen-bond acceptors (Lipinski definition) is 5. The van der Waals surface area contributed by atoms with E-state index in [-0.39, 0.29) is 30.8 Å². The van der Waals surface area contributed by atoms with Gasteiger partial charge < -0.3 is 19.7 Å². The van der Waals surface area contributed by atoms with Gasteiger partial charge in [-0.2, -0.15) is 0 Å². The minimum atomic E-state index is -0.455. The minimum absolute atomic E-state index is 0.0291. The Labute approximate surface area is 168 Å². The van der Waals surface area contributed by atoms with Gasteiger partial charge in [-0.3, -0.25) is 14.4 Å². The van der Waals surface area contributed by atoms with Crippen LogP contribution in [0.3, 0.4) is 0 Å². The van der Waals surface area contributed by atoms with Gasteiger partial charge in [0, 0.05) is 31.1 Å². The molecule has 4 rings (SSSR count). The largest absolute Gasteiger partial charge is 0.454 e. The summed E-state index contributed by atoms with van der Waals surface area (Å²) >= 11 is 0. The van der Waals surface area contributed by atoms with Crippen LogP contribution in [0.4, 0.5) is 5.69 Å². The molecule has 1 N–H and O–H groups in total. The molecule has 2 heterocycles. The summed E-state index contributed by atoms with van der Waals surface area (Å²) in [6.07, 6.45) is 0.915. The van der Waals surface area contributed by atoms with Crippen LogP contribution in [0, 0.1) is 5.92 Å². The van der Waals surface area contributed by atoms with Crippen molar-refractivity contribution in [1.82, 2.24) is 4.90 Å². The van der Waals surface area contributed by atoms with Crippen LogP contribution < -0.4 is 14.8 Å². The number of fused-ring (bicyclic) bond motifs is 1. The number of nitrogens with one attached hydrogen (secondary N) is 1. The molecule has 0 radical (unpaired) electrons. The van der Waals surface area contributed by atoms with E-state index >= 15 is 0 Å². The molecule has 0 aliphatic carbocycles. The first-order valence-corrected chi connectivity index (χ1v) is 9.58. The first kappa shape index (κ1) is 19.0. The fourth-order valence-corrected chi connectivity index (χ4v) is 3.64.